The van der Waals surface area contributed by atoms with Crippen LogP contribution in [0.4, 0.5) is 0 Å². The van der Waals surface area contributed by atoms with Crippen LogP contribution in [0.25, 0.3) is 0 Å². The maximum Gasteiger partial charge on any atom is 0.204 e. The molecule has 9 nitrogen and oxygen atoms in total. The van der Waals surface area contributed by atoms with E-state index in [4.69, 9.17) is 23.7 Å². The lowest BCUT2D eigenvalue weighted by Gasteiger charge is -2.46. The molecule has 0 saturated heterocycles. The first kappa shape index (κ1) is 31.0. The summed E-state index contributed by atoms with van der Waals surface area (Å²) in [7, 11) is 10.8. The lowest BCUT2D eigenvalue weighted by atomic mass is 9.76. The fraction of sp³-hybridized carbons (Fsp3) is 0.368. The minimum atomic E-state index is 0.0160. The van der Waals surface area contributed by atoms with Crippen LogP contribution in [0.1, 0.15) is 57.1 Å². The van der Waals surface area contributed by atoms with Crippen LogP contribution >= 0.6 is 0 Å². The number of methoxy groups -OCH3 is 4. The zero-order chi connectivity index (χ0) is 33.0. The zero-order valence-corrected chi connectivity index (χ0v) is 27.8. The van der Waals surface area contributed by atoms with E-state index in [-0.39, 0.29) is 29.6 Å². The van der Waals surface area contributed by atoms with Crippen LogP contribution < -0.4 is 23.7 Å². The average molecular weight is 639 g/mol. The normalized spacial score (nSPS) is 20.1. The molecule has 3 aliphatic rings. The molecule has 0 aromatic heterocycles. The van der Waals surface area contributed by atoms with Crippen molar-refractivity contribution < 1.29 is 33.9 Å². The molecule has 0 unspecified atom stereocenters. The maximum absolute atomic E-state index is 10.7. The standard InChI is InChI=1S/C38H42N2O7/c1-39-12-11-22-15-34(44-4)35(19-26(22)29(39)13-21-7-9-24(41)10-8-21)47-37-28-17-31-25-18-32(42)33(43-3)16-23(25)14-30(40(31)2)27(28)20-36(45-5)38(37)46-6/h7-10,15-16,18-20,29-31,41-42H,11-14,17H2,1-6H3/t29-,30+,31+/m1/s1. The van der Waals surface area contributed by atoms with Crippen LogP contribution in [0, 0.1) is 0 Å². The Morgan fingerprint density at radius 1 is 0.681 bits per heavy atom. The van der Waals surface area contributed by atoms with E-state index >= 15 is 0 Å². The molecule has 7 rings (SSSR count). The van der Waals surface area contributed by atoms with Crippen molar-refractivity contribution in [2.75, 3.05) is 49.1 Å². The Morgan fingerprint density at radius 3 is 2.06 bits per heavy atom. The highest BCUT2D eigenvalue weighted by molar-refractivity contribution is 5.64. The Bertz CT molecular complexity index is 1820. The molecule has 0 fully saturated rings. The summed E-state index contributed by atoms with van der Waals surface area (Å²) in [6.45, 7) is 0.926. The summed E-state index contributed by atoms with van der Waals surface area (Å²) >= 11 is 0. The van der Waals surface area contributed by atoms with Gasteiger partial charge in [-0.2, -0.15) is 0 Å². The quantitative estimate of drug-likeness (QED) is 0.224. The third-order valence-corrected chi connectivity index (χ3v) is 10.3. The van der Waals surface area contributed by atoms with E-state index in [1.54, 1.807) is 40.6 Å². The van der Waals surface area contributed by atoms with Crippen LogP contribution in [0.2, 0.25) is 0 Å². The van der Waals surface area contributed by atoms with Gasteiger partial charge < -0.3 is 33.9 Å². The largest absolute Gasteiger partial charge is 0.508 e. The molecule has 3 atom stereocenters. The summed E-state index contributed by atoms with van der Waals surface area (Å²) in [6.07, 6.45) is 3.09. The molecule has 3 aliphatic heterocycles. The number of rotatable bonds is 8. The first-order valence-corrected chi connectivity index (χ1v) is 16.0. The molecular weight excluding hydrogens is 596 g/mol. The van der Waals surface area contributed by atoms with E-state index in [9.17, 15) is 10.2 Å². The lowest BCUT2D eigenvalue weighted by molar-refractivity contribution is 0.135. The molecule has 2 bridgehead atoms. The van der Waals surface area contributed by atoms with Gasteiger partial charge in [0.2, 0.25) is 5.75 Å². The Labute approximate surface area is 275 Å². The van der Waals surface area contributed by atoms with E-state index in [1.807, 2.05) is 24.3 Å². The van der Waals surface area contributed by atoms with Crippen molar-refractivity contribution in [3.05, 3.63) is 93.5 Å². The average Bonchev–Trinajstić information content (AvgIpc) is 3.07. The fourth-order valence-electron chi connectivity index (χ4n) is 7.78. The van der Waals surface area contributed by atoms with Crippen molar-refractivity contribution in [2.24, 2.45) is 0 Å². The molecule has 246 valence electrons. The summed E-state index contributed by atoms with van der Waals surface area (Å²) in [5, 5.41) is 20.6. The highest BCUT2D eigenvalue weighted by Crippen LogP contribution is 2.55. The van der Waals surface area contributed by atoms with Crippen molar-refractivity contribution >= 4 is 0 Å². The summed E-state index contributed by atoms with van der Waals surface area (Å²) in [5.74, 6) is 3.90. The minimum absolute atomic E-state index is 0.0160. The van der Waals surface area contributed by atoms with Gasteiger partial charge in [0.1, 0.15) is 5.75 Å². The number of phenols is 2. The summed E-state index contributed by atoms with van der Waals surface area (Å²) in [5.41, 5.74) is 7.99. The first-order valence-electron chi connectivity index (χ1n) is 16.0. The topological polar surface area (TPSA) is 93.1 Å². The molecule has 0 spiro atoms. The van der Waals surface area contributed by atoms with Gasteiger partial charge in [-0.3, -0.25) is 9.80 Å². The zero-order valence-electron chi connectivity index (χ0n) is 27.8. The monoisotopic (exact) mass is 638 g/mol. The van der Waals surface area contributed by atoms with Gasteiger partial charge in [-0.05, 0) is 116 Å². The van der Waals surface area contributed by atoms with Gasteiger partial charge in [-0.1, -0.05) is 12.1 Å². The second-order valence-corrected chi connectivity index (χ2v) is 12.8. The number of hydrogen-bond donors (Lipinski definition) is 2. The van der Waals surface area contributed by atoms with Gasteiger partial charge in [-0.25, -0.2) is 0 Å². The molecule has 4 aromatic rings. The van der Waals surface area contributed by atoms with E-state index < -0.39 is 0 Å². The Hall–Kier alpha value is -4.60. The van der Waals surface area contributed by atoms with E-state index in [2.05, 4.69) is 42.1 Å². The molecule has 3 heterocycles. The van der Waals surface area contributed by atoms with Crippen molar-refractivity contribution in [3.8, 4) is 46.0 Å². The second kappa shape index (κ2) is 12.2. The van der Waals surface area contributed by atoms with E-state index in [1.165, 1.54) is 11.1 Å². The summed E-state index contributed by atoms with van der Waals surface area (Å²) in [4.78, 5) is 4.74. The SMILES string of the molecule is COc1cc2c(cc1O)[C@@H]1Cc3c(cc(OC)c(OC)c3Oc3cc4c(cc3OC)CCN(C)[C@@H]4Cc3ccc(O)cc3)[C@H](C2)N1C. The lowest BCUT2D eigenvalue weighted by Crippen LogP contribution is -2.40. The number of nitrogens with zero attached hydrogens (tertiary/aromatic N) is 2. The van der Waals surface area contributed by atoms with Crippen molar-refractivity contribution in [2.45, 2.75) is 43.8 Å². The molecule has 4 aromatic carbocycles. The van der Waals surface area contributed by atoms with Crippen LogP contribution in [-0.4, -0.2) is 69.1 Å². The molecule has 0 radical (unpaired) electrons. The Kier molecular flexibility index (Phi) is 8.06. The van der Waals surface area contributed by atoms with Crippen molar-refractivity contribution in [3.63, 3.8) is 0 Å². The molecule has 47 heavy (non-hydrogen) atoms. The van der Waals surface area contributed by atoms with E-state index in [0.29, 0.717) is 40.9 Å². The highest BCUT2D eigenvalue weighted by Gasteiger charge is 2.42. The number of fused-ring (bicyclic) bond motifs is 7. The van der Waals surface area contributed by atoms with Gasteiger partial charge in [0.25, 0.3) is 0 Å². The highest BCUT2D eigenvalue weighted by atomic mass is 16.5. The van der Waals surface area contributed by atoms with E-state index in [0.717, 1.165) is 53.6 Å². The molecule has 9 heteroatoms. The fourth-order valence-corrected chi connectivity index (χ4v) is 7.78. The van der Waals surface area contributed by atoms with Crippen molar-refractivity contribution in [1.82, 2.24) is 9.80 Å². The minimum Gasteiger partial charge on any atom is -0.508 e. The number of phenolic OH excluding ortho intramolecular Hbond substituents is 2. The van der Waals surface area contributed by atoms with Crippen LogP contribution in [0.5, 0.6) is 46.0 Å². The van der Waals surface area contributed by atoms with Gasteiger partial charge in [0.15, 0.2) is 34.5 Å². The predicted molar refractivity (Wildman–Crippen MR) is 179 cm³/mol. The smallest absolute Gasteiger partial charge is 0.204 e. The number of benzene rings is 4. The van der Waals surface area contributed by atoms with Crippen LogP contribution in [-0.2, 0) is 25.7 Å². The molecular formula is C38H42N2O7. The summed E-state index contributed by atoms with van der Waals surface area (Å²) in [6, 6.07) is 17.7. The number of hydrogen-bond acceptors (Lipinski definition) is 9. The first-order chi connectivity index (χ1) is 22.7. The third kappa shape index (κ3) is 5.27. The maximum atomic E-state index is 10.7. The molecule has 0 saturated carbocycles. The molecule has 2 N–H and O–H groups in total. The van der Waals surface area contributed by atoms with Gasteiger partial charge in [0, 0.05) is 30.2 Å². The van der Waals surface area contributed by atoms with Crippen molar-refractivity contribution in [1.29, 1.82) is 0 Å². The Balaban J connectivity index is 1.33. The third-order valence-electron chi connectivity index (χ3n) is 10.3. The Morgan fingerprint density at radius 2 is 1.36 bits per heavy atom. The number of ether oxygens (including phenoxy) is 5. The molecule has 0 amide bonds. The van der Waals surface area contributed by atoms with Crippen LogP contribution in [0.3, 0.4) is 0 Å². The predicted octanol–water partition coefficient (Wildman–Crippen LogP) is 6.52. The van der Waals surface area contributed by atoms with Gasteiger partial charge in [0.05, 0.1) is 28.4 Å². The van der Waals surface area contributed by atoms with Crippen LogP contribution in [0.15, 0.2) is 54.6 Å². The molecule has 0 aliphatic carbocycles. The second-order valence-electron chi connectivity index (χ2n) is 12.8. The van der Waals surface area contributed by atoms with Gasteiger partial charge >= 0.3 is 0 Å². The van der Waals surface area contributed by atoms with Gasteiger partial charge in [-0.15, -0.1) is 0 Å². The number of aromatic hydroxyl groups is 2. The summed E-state index contributed by atoms with van der Waals surface area (Å²) < 4.78 is 30.2. The number of likely N-dealkylation sites (N-methyl/N-ethyl adjacent to an activating group) is 2.